The van der Waals surface area contributed by atoms with Crippen molar-refractivity contribution in [3.05, 3.63) is 34.9 Å². The molecule has 0 saturated heterocycles. The van der Waals surface area contributed by atoms with Gasteiger partial charge in [0.1, 0.15) is 18.2 Å². The second-order valence-electron chi connectivity index (χ2n) is 8.41. The van der Waals surface area contributed by atoms with Gasteiger partial charge in [-0.15, -0.1) is 0 Å². The monoisotopic (exact) mass is 449 g/mol. The van der Waals surface area contributed by atoms with Crippen molar-refractivity contribution in [2.24, 2.45) is 0 Å². The number of nitrogens with one attached hydrogen (secondary N) is 2. The van der Waals surface area contributed by atoms with Crippen LogP contribution in [0.2, 0.25) is 0 Å². The zero-order valence-corrected chi connectivity index (χ0v) is 20.0. The van der Waals surface area contributed by atoms with E-state index in [0.29, 0.717) is 5.56 Å². The van der Waals surface area contributed by atoms with Gasteiger partial charge in [0, 0.05) is 13.6 Å². The van der Waals surface area contributed by atoms with Gasteiger partial charge >= 0.3 is 12.1 Å². The topological polar surface area (TPSA) is 114 Å². The first-order valence-corrected chi connectivity index (χ1v) is 10.6. The first-order chi connectivity index (χ1) is 14.9. The van der Waals surface area contributed by atoms with E-state index in [1.165, 1.54) is 11.9 Å². The van der Waals surface area contributed by atoms with Gasteiger partial charge in [-0.1, -0.05) is 18.2 Å². The quantitative estimate of drug-likeness (QED) is 0.560. The molecule has 32 heavy (non-hydrogen) atoms. The van der Waals surface area contributed by atoms with Gasteiger partial charge in [-0.3, -0.25) is 14.4 Å². The third kappa shape index (κ3) is 8.56. The van der Waals surface area contributed by atoms with Gasteiger partial charge in [-0.2, -0.15) is 0 Å². The van der Waals surface area contributed by atoms with Crippen molar-refractivity contribution in [2.45, 2.75) is 59.6 Å². The van der Waals surface area contributed by atoms with Crippen LogP contribution in [0.1, 0.15) is 56.8 Å². The van der Waals surface area contributed by atoms with Crippen molar-refractivity contribution in [3.8, 4) is 0 Å². The van der Waals surface area contributed by atoms with Crippen LogP contribution in [0.15, 0.2) is 18.2 Å². The summed E-state index contributed by atoms with van der Waals surface area (Å²) in [6.45, 7) is 10.6. The summed E-state index contributed by atoms with van der Waals surface area (Å²) in [5.74, 6) is -1.31. The molecule has 0 bridgehead atoms. The molecule has 1 rings (SSSR count). The van der Waals surface area contributed by atoms with E-state index in [1.54, 1.807) is 27.7 Å². The van der Waals surface area contributed by atoms with Gasteiger partial charge in [0.15, 0.2) is 0 Å². The highest BCUT2D eigenvalue weighted by Gasteiger charge is 2.31. The Bertz CT molecular complexity index is 811. The number of carbonyl (C=O) groups is 4. The van der Waals surface area contributed by atoms with Crippen LogP contribution in [0.5, 0.6) is 0 Å². The summed E-state index contributed by atoms with van der Waals surface area (Å²) in [5.41, 5.74) is 1.68. The van der Waals surface area contributed by atoms with Crippen LogP contribution in [0.4, 0.5) is 4.79 Å². The first kappa shape index (κ1) is 26.9. The van der Waals surface area contributed by atoms with Gasteiger partial charge in [0.25, 0.3) is 0 Å². The van der Waals surface area contributed by atoms with Gasteiger partial charge in [0.05, 0.1) is 13.0 Å². The van der Waals surface area contributed by atoms with Crippen LogP contribution < -0.4 is 10.6 Å². The van der Waals surface area contributed by atoms with Gasteiger partial charge in [-0.05, 0) is 58.2 Å². The Kier molecular flexibility index (Phi) is 10.2. The molecule has 1 atom stereocenters. The summed E-state index contributed by atoms with van der Waals surface area (Å²) in [6.07, 6.45) is -0.696. The van der Waals surface area contributed by atoms with Crippen LogP contribution in [-0.4, -0.2) is 61.1 Å². The molecule has 9 heteroatoms. The third-order valence-corrected chi connectivity index (χ3v) is 4.56. The van der Waals surface area contributed by atoms with Gasteiger partial charge in [-0.25, -0.2) is 4.79 Å². The number of likely N-dealkylation sites (N-methyl/N-ethyl adjacent to an activating group) is 1. The van der Waals surface area contributed by atoms with Crippen molar-refractivity contribution >= 4 is 23.9 Å². The molecule has 178 valence electrons. The predicted molar refractivity (Wildman–Crippen MR) is 120 cm³/mol. The molecule has 0 aromatic heterocycles. The molecule has 0 aliphatic carbocycles. The molecular weight excluding hydrogens is 414 g/mol. The average molecular weight is 450 g/mol. The smallest absolute Gasteiger partial charge is 0.408 e. The molecule has 1 aromatic rings. The minimum Gasteiger partial charge on any atom is -0.466 e. The number of aryl methyl sites for hydroxylation is 2. The fourth-order valence-corrected chi connectivity index (χ4v) is 3.11. The largest absolute Gasteiger partial charge is 0.466 e. The van der Waals surface area contributed by atoms with Crippen LogP contribution in [0.25, 0.3) is 0 Å². The molecule has 0 heterocycles. The number of hydrogen-bond acceptors (Lipinski definition) is 6. The standard InChI is InChI=1S/C23H35N3O6/c1-8-31-18(28)12-13-24-21(29)20(19-15(2)10-9-11-16(19)3)26(7)17(27)14-25-22(30)32-23(4,5)6/h9-11,20H,8,12-14H2,1-7H3,(H,24,29)(H,25,30). The SMILES string of the molecule is CCOC(=O)CCNC(=O)C(c1c(C)cccc1C)N(C)C(=O)CNC(=O)OC(C)(C)C. The molecule has 9 nitrogen and oxygen atoms in total. The van der Waals surface area contributed by atoms with Gasteiger partial charge in [0.2, 0.25) is 11.8 Å². The summed E-state index contributed by atoms with van der Waals surface area (Å²) in [7, 11) is 1.50. The number of hydrogen-bond donors (Lipinski definition) is 2. The lowest BCUT2D eigenvalue weighted by molar-refractivity contribution is -0.143. The number of ether oxygens (including phenoxy) is 2. The Morgan fingerprint density at radius 2 is 1.66 bits per heavy atom. The lowest BCUT2D eigenvalue weighted by atomic mass is 9.94. The molecule has 1 aromatic carbocycles. The van der Waals surface area contributed by atoms with Crippen LogP contribution in [0.3, 0.4) is 0 Å². The number of benzene rings is 1. The number of carbonyl (C=O) groups excluding carboxylic acids is 4. The van der Waals surface area contributed by atoms with E-state index in [1.807, 2.05) is 32.0 Å². The second-order valence-corrected chi connectivity index (χ2v) is 8.41. The zero-order chi connectivity index (χ0) is 24.5. The number of alkyl carbamates (subject to hydrolysis) is 1. The lowest BCUT2D eigenvalue weighted by Gasteiger charge is -2.30. The minimum atomic E-state index is -0.939. The molecule has 0 saturated carbocycles. The van der Waals surface area contributed by atoms with E-state index < -0.39 is 35.5 Å². The molecule has 1 unspecified atom stereocenters. The fourth-order valence-electron chi connectivity index (χ4n) is 3.11. The molecule has 0 aliphatic rings. The van der Waals surface area contributed by atoms with E-state index in [0.717, 1.165) is 11.1 Å². The first-order valence-electron chi connectivity index (χ1n) is 10.6. The Morgan fingerprint density at radius 3 is 2.19 bits per heavy atom. The molecular formula is C23H35N3O6. The number of amides is 3. The van der Waals surface area contributed by atoms with Crippen molar-refractivity contribution in [3.63, 3.8) is 0 Å². The third-order valence-electron chi connectivity index (χ3n) is 4.56. The second kappa shape index (κ2) is 12.1. The van der Waals surface area contributed by atoms with Crippen LogP contribution >= 0.6 is 0 Å². The van der Waals surface area contributed by atoms with Crippen LogP contribution in [0, 0.1) is 13.8 Å². The Balaban J connectivity index is 3.00. The highest BCUT2D eigenvalue weighted by atomic mass is 16.6. The van der Waals surface area contributed by atoms with E-state index in [-0.39, 0.29) is 26.1 Å². The minimum absolute atomic E-state index is 0.0247. The zero-order valence-electron chi connectivity index (χ0n) is 20.0. The molecule has 0 radical (unpaired) electrons. The summed E-state index contributed by atoms with van der Waals surface area (Å²) in [6, 6.07) is 4.65. The molecule has 2 N–H and O–H groups in total. The van der Waals surface area contributed by atoms with E-state index in [4.69, 9.17) is 9.47 Å². The van der Waals surface area contributed by atoms with E-state index in [9.17, 15) is 19.2 Å². The Labute approximate surface area is 189 Å². The summed E-state index contributed by atoms with van der Waals surface area (Å²) < 4.78 is 10.0. The maximum absolute atomic E-state index is 13.1. The predicted octanol–water partition coefficient (Wildman–Crippen LogP) is 2.40. The van der Waals surface area contributed by atoms with Crippen molar-refractivity contribution in [2.75, 3.05) is 26.7 Å². The summed E-state index contributed by atoms with van der Waals surface area (Å²) in [4.78, 5) is 50.7. The Hall–Kier alpha value is -3.10. The van der Waals surface area contributed by atoms with Crippen LogP contribution in [-0.2, 0) is 23.9 Å². The molecule has 0 aliphatic heterocycles. The maximum Gasteiger partial charge on any atom is 0.408 e. The highest BCUT2D eigenvalue weighted by Crippen LogP contribution is 2.27. The van der Waals surface area contributed by atoms with Gasteiger partial charge < -0.3 is 25.0 Å². The molecule has 3 amide bonds. The lowest BCUT2D eigenvalue weighted by Crippen LogP contribution is -2.46. The summed E-state index contributed by atoms with van der Waals surface area (Å²) >= 11 is 0. The maximum atomic E-state index is 13.1. The molecule has 0 fully saturated rings. The average Bonchev–Trinajstić information content (AvgIpc) is 2.67. The Morgan fingerprint density at radius 1 is 1.06 bits per heavy atom. The fraction of sp³-hybridized carbons (Fsp3) is 0.565. The normalized spacial score (nSPS) is 11.8. The van der Waals surface area contributed by atoms with Crippen molar-refractivity contribution in [1.82, 2.24) is 15.5 Å². The number of nitrogens with zero attached hydrogens (tertiary/aromatic N) is 1. The van der Waals surface area contributed by atoms with E-state index >= 15 is 0 Å². The van der Waals surface area contributed by atoms with Crippen molar-refractivity contribution < 1.29 is 28.7 Å². The molecule has 0 spiro atoms. The summed E-state index contributed by atoms with van der Waals surface area (Å²) in [5, 5.41) is 5.13. The number of esters is 1. The number of rotatable bonds is 9. The highest BCUT2D eigenvalue weighted by molar-refractivity contribution is 5.91. The van der Waals surface area contributed by atoms with Crippen molar-refractivity contribution in [1.29, 1.82) is 0 Å². The van der Waals surface area contributed by atoms with E-state index in [2.05, 4.69) is 10.6 Å².